The van der Waals surface area contributed by atoms with Gasteiger partial charge in [-0.3, -0.25) is 9.69 Å². The Morgan fingerprint density at radius 2 is 2.00 bits per heavy atom. The second-order valence-electron chi connectivity index (χ2n) is 7.05. The van der Waals surface area contributed by atoms with Gasteiger partial charge < -0.3 is 10.4 Å². The molecule has 3 atom stereocenters. The molecule has 1 fully saturated rings. The Hall–Kier alpha value is -1.39. The van der Waals surface area contributed by atoms with Crippen LogP contribution in [0, 0.1) is 5.92 Å². The molecule has 1 aromatic rings. The molecule has 0 saturated carbocycles. The summed E-state index contributed by atoms with van der Waals surface area (Å²) in [7, 11) is 0. The molecule has 0 radical (unpaired) electrons. The van der Waals surface area contributed by atoms with E-state index in [2.05, 4.69) is 36.2 Å². The zero-order valence-corrected chi connectivity index (χ0v) is 14.5. The van der Waals surface area contributed by atoms with Crippen LogP contribution in [-0.4, -0.2) is 41.1 Å². The second kappa shape index (κ2) is 8.46. The lowest BCUT2D eigenvalue weighted by atomic mass is 9.96. The first kappa shape index (κ1) is 18.0. The molecule has 0 bridgehead atoms. The van der Waals surface area contributed by atoms with Crippen LogP contribution >= 0.6 is 0 Å². The first-order chi connectivity index (χ1) is 11.0. The number of benzene rings is 1. The number of nitrogens with zero attached hydrogens (tertiary/aromatic N) is 1. The van der Waals surface area contributed by atoms with Crippen LogP contribution in [0.5, 0.6) is 0 Å². The molecule has 4 heteroatoms. The van der Waals surface area contributed by atoms with Crippen molar-refractivity contribution in [2.24, 2.45) is 5.92 Å². The molecular weight excluding hydrogens is 288 g/mol. The molecule has 3 unspecified atom stereocenters. The monoisotopic (exact) mass is 318 g/mol. The Morgan fingerprint density at radius 3 is 2.61 bits per heavy atom. The van der Waals surface area contributed by atoms with Crippen LogP contribution in [0.3, 0.4) is 0 Å². The summed E-state index contributed by atoms with van der Waals surface area (Å²) in [6.07, 6.45) is 2.62. The van der Waals surface area contributed by atoms with Gasteiger partial charge in [-0.15, -0.1) is 0 Å². The van der Waals surface area contributed by atoms with Crippen molar-refractivity contribution >= 4 is 5.91 Å². The normalized spacial score (nSPS) is 21.3. The van der Waals surface area contributed by atoms with Gasteiger partial charge in [-0.1, -0.05) is 44.2 Å². The predicted molar refractivity (Wildman–Crippen MR) is 93.1 cm³/mol. The maximum Gasteiger partial charge on any atom is 0.234 e. The first-order valence-electron chi connectivity index (χ1n) is 8.73. The number of carbonyl (C=O) groups is 1. The molecule has 2 N–H and O–H groups in total. The third kappa shape index (κ3) is 5.33. The van der Waals surface area contributed by atoms with Crippen LogP contribution in [0.1, 0.15) is 51.6 Å². The lowest BCUT2D eigenvalue weighted by Gasteiger charge is -2.27. The highest BCUT2D eigenvalue weighted by molar-refractivity contribution is 5.78. The Balaban J connectivity index is 1.94. The van der Waals surface area contributed by atoms with E-state index < -0.39 is 0 Å². The number of aliphatic hydroxyl groups excluding tert-OH is 1. The molecule has 0 aliphatic carbocycles. The van der Waals surface area contributed by atoms with Crippen molar-refractivity contribution in [2.75, 3.05) is 13.1 Å². The van der Waals surface area contributed by atoms with Gasteiger partial charge in [-0.25, -0.2) is 0 Å². The van der Waals surface area contributed by atoms with Crippen LogP contribution in [-0.2, 0) is 4.79 Å². The molecule has 0 aromatic heterocycles. The minimum atomic E-state index is -0.309. The Morgan fingerprint density at radius 1 is 1.30 bits per heavy atom. The van der Waals surface area contributed by atoms with Gasteiger partial charge in [0.05, 0.1) is 18.7 Å². The van der Waals surface area contributed by atoms with Crippen molar-refractivity contribution in [1.82, 2.24) is 10.2 Å². The molecule has 1 aliphatic heterocycles. The first-order valence-corrected chi connectivity index (χ1v) is 8.73. The Labute approximate surface area is 139 Å². The highest BCUT2D eigenvalue weighted by Gasteiger charge is 2.28. The molecule has 1 heterocycles. The number of nitrogens with one attached hydrogen (secondary N) is 1. The van der Waals surface area contributed by atoms with Crippen molar-refractivity contribution in [2.45, 2.75) is 58.2 Å². The molecular formula is C19H30N2O2. The van der Waals surface area contributed by atoms with Gasteiger partial charge in [0.1, 0.15) is 0 Å². The molecule has 1 aliphatic rings. The Bertz CT molecular complexity index is 487. The van der Waals surface area contributed by atoms with Crippen molar-refractivity contribution in [1.29, 1.82) is 0 Å². The van der Waals surface area contributed by atoms with E-state index in [1.807, 2.05) is 25.1 Å². The predicted octanol–water partition coefficient (Wildman–Crippen LogP) is 2.74. The molecule has 0 spiro atoms. The second-order valence-corrected chi connectivity index (χ2v) is 7.05. The van der Waals surface area contributed by atoms with E-state index in [-0.39, 0.29) is 18.1 Å². The van der Waals surface area contributed by atoms with E-state index in [1.54, 1.807) is 0 Å². The van der Waals surface area contributed by atoms with Gasteiger partial charge in [0.2, 0.25) is 5.91 Å². The average molecular weight is 318 g/mol. The van der Waals surface area contributed by atoms with Crippen molar-refractivity contribution in [3.8, 4) is 0 Å². The van der Waals surface area contributed by atoms with Crippen molar-refractivity contribution in [3.05, 3.63) is 35.9 Å². The van der Waals surface area contributed by atoms with Gasteiger partial charge in [-0.05, 0) is 44.2 Å². The fraction of sp³-hybridized carbons (Fsp3) is 0.632. The summed E-state index contributed by atoms with van der Waals surface area (Å²) in [4.78, 5) is 14.7. The largest absolute Gasteiger partial charge is 0.393 e. The van der Waals surface area contributed by atoms with Gasteiger partial charge in [0, 0.05) is 6.04 Å². The maximum atomic E-state index is 12.5. The summed E-state index contributed by atoms with van der Waals surface area (Å²) in [5.74, 6) is 0.415. The zero-order chi connectivity index (χ0) is 16.8. The number of hydrogen-bond donors (Lipinski definition) is 2. The average Bonchev–Trinajstić information content (AvgIpc) is 2.91. The van der Waals surface area contributed by atoms with Gasteiger partial charge >= 0.3 is 0 Å². The van der Waals surface area contributed by atoms with Crippen LogP contribution in [0.2, 0.25) is 0 Å². The molecule has 23 heavy (non-hydrogen) atoms. The van der Waals surface area contributed by atoms with Crippen molar-refractivity contribution < 1.29 is 9.90 Å². The summed E-state index contributed by atoms with van der Waals surface area (Å²) < 4.78 is 0. The van der Waals surface area contributed by atoms with E-state index in [0.717, 1.165) is 31.4 Å². The number of hydrogen-bond acceptors (Lipinski definition) is 3. The molecule has 1 aromatic carbocycles. The summed E-state index contributed by atoms with van der Waals surface area (Å²) in [5.41, 5.74) is 1.15. The summed E-state index contributed by atoms with van der Waals surface area (Å²) in [5, 5.41) is 12.8. The summed E-state index contributed by atoms with van der Waals surface area (Å²) >= 11 is 0. The molecule has 1 amide bonds. The quantitative estimate of drug-likeness (QED) is 0.813. The standard InChI is InChI=1S/C19H30N2O2/c1-14(2)19(16-8-5-4-6-9-16)20-18(23)13-21-11-7-10-17(21)12-15(3)22/h4-6,8-9,14-15,17,19,22H,7,10-13H2,1-3H3,(H,20,23). The Kier molecular flexibility index (Phi) is 6.60. The number of rotatable bonds is 7. The highest BCUT2D eigenvalue weighted by Crippen LogP contribution is 2.23. The van der Waals surface area contributed by atoms with E-state index in [4.69, 9.17) is 0 Å². The molecule has 128 valence electrons. The SMILES string of the molecule is CC(O)CC1CCCN1CC(=O)NC(c1ccccc1)C(C)C. The van der Waals surface area contributed by atoms with Crippen LogP contribution in [0.25, 0.3) is 0 Å². The number of amides is 1. The maximum absolute atomic E-state index is 12.5. The minimum absolute atomic E-state index is 0.0431. The van der Waals surface area contributed by atoms with Gasteiger partial charge in [-0.2, -0.15) is 0 Å². The van der Waals surface area contributed by atoms with E-state index in [0.29, 0.717) is 18.5 Å². The minimum Gasteiger partial charge on any atom is -0.393 e. The number of carbonyl (C=O) groups excluding carboxylic acids is 1. The summed E-state index contributed by atoms with van der Waals surface area (Å²) in [6.45, 7) is 7.45. The van der Waals surface area contributed by atoms with Crippen molar-refractivity contribution in [3.63, 3.8) is 0 Å². The zero-order valence-electron chi connectivity index (χ0n) is 14.5. The summed E-state index contributed by atoms with van der Waals surface area (Å²) in [6, 6.07) is 10.5. The highest BCUT2D eigenvalue weighted by atomic mass is 16.3. The smallest absolute Gasteiger partial charge is 0.234 e. The third-order valence-electron chi connectivity index (χ3n) is 4.60. The molecule has 4 nitrogen and oxygen atoms in total. The fourth-order valence-corrected chi connectivity index (χ4v) is 3.46. The topological polar surface area (TPSA) is 52.6 Å². The van der Waals surface area contributed by atoms with Gasteiger partial charge in [0.15, 0.2) is 0 Å². The van der Waals surface area contributed by atoms with E-state index in [1.165, 1.54) is 0 Å². The van der Waals surface area contributed by atoms with Crippen LogP contribution in [0.15, 0.2) is 30.3 Å². The van der Waals surface area contributed by atoms with E-state index >= 15 is 0 Å². The fourth-order valence-electron chi connectivity index (χ4n) is 3.46. The lowest BCUT2D eigenvalue weighted by molar-refractivity contribution is -0.123. The third-order valence-corrected chi connectivity index (χ3v) is 4.60. The molecule has 1 saturated heterocycles. The van der Waals surface area contributed by atoms with Gasteiger partial charge in [0.25, 0.3) is 0 Å². The molecule has 2 rings (SSSR count). The number of aliphatic hydroxyl groups is 1. The van der Waals surface area contributed by atoms with Crippen LogP contribution < -0.4 is 5.32 Å². The number of likely N-dealkylation sites (tertiary alicyclic amines) is 1. The lowest BCUT2D eigenvalue weighted by Crippen LogP contribution is -2.42. The van der Waals surface area contributed by atoms with E-state index in [9.17, 15) is 9.90 Å². The van der Waals surface area contributed by atoms with Crippen LogP contribution in [0.4, 0.5) is 0 Å².